The Labute approximate surface area is 401 Å². The minimum atomic E-state index is -0.898. The van der Waals surface area contributed by atoms with Crippen LogP contribution in [0.25, 0.3) is 21.7 Å². The van der Waals surface area contributed by atoms with Gasteiger partial charge in [0.1, 0.15) is 17.8 Å². The van der Waals surface area contributed by atoms with Crippen molar-refractivity contribution in [1.29, 1.82) is 0 Å². The van der Waals surface area contributed by atoms with Crippen molar-refractivity contribution in [2.45, 2.75) is 96.6 Å². The van der Waals surface area contributed by atoms with E-state index in [9.17, 15) is 24.6 Å². The van der Waals surface area contributed by atoms with Crippen molar-refractivity contribution < 1.29 is 24.6 Å². The third-order valence-electron chi connectivity index (χ3n) is 12.9. The number of amides is 3. The summed E-state index contributed by atoms with van der Waals surface area (Å²) in [6, 6.07) is 15.5. The molecule has 5 atom stereocenters. The molecular formula is C50H60N12O5S. The number of phenols is 1. The van der Waals surface area contributed by atoms with Gasteiger partial charge in [0.15, 0.2) is 5.82 Å². The maximum absolute atomic E-state index is 14.1. The van der Waals surface area contributed by atoms with Gasteiger partial charge in [-0.25, -0.2) is 15.0 Å². The van der Waals surface area contributed by atoms with Crippen LogP contribution in [0.2, 0.25) is 0 Å². The van der Waals surface area contributed by atoms with E-state index >= 15 is 0 Å². The first-order valence-corrected chi connectivity index (χ1v) is 24.0. The van der Waals surface area contributed by atoms with Gasteiger partial charge in [0.25, 0.3) is 0 Å². The van der Waals surface area contributed by atoms with Crippen LogP contribution in [0.4, 0.5) is 17.5 Å². The van der Waals surface area contributed by atoms with Crippen molar-refractivity contribution in [2.24, 2.45) is 5.41 Å². The van der Waals surface area contributed by atoms with Gasteiger partial charge in [-0.05, 0) is 74.5 Å². The molecule has 3 saturated heterocycles. The number of phenolic OH excluding ortho intramolecular Hbond substituents is 1. The van der Waals surface area contributed by atoms with Crippen LogP contribution in [0.15, 0.2) is 72.5 Å². The van der Waals surface area contributed by atoms with Gasteiger partial charge in [0.05, 0.1) is 45.7 Å². The summed E-state index contributed by atoms with van der Waals surface area (Å²) >= 11 is 1.58. The number of carbonyl (C=O) groups is 3. The van der Waals surface area contributed by atoms with Crippen LogP contribution in [0.1, 0.15) is 69.7 Å². The molecule has 0 radical (unpaired) electrons. The molecule has 3 fully saturated rings. The normalized spacial score (nSPS) is 19.4. The lowest BCUT2D eigenvalue weighted by Crippen LogP contribution is -2.57. The highest BCUT2D eigenvalue weighted by Gasteiger charge is 2.45. The third-order valence-corrected chi connectivity index (χ3v) is 13.9. The molecule has 68 heavy (non-hydrogen) atoms. The number of para-hydroxylation sites is 1. The zero-order valence-electron chi connectivity index (χ0n) is 39.2. The van der Waals surface area contributed by atoms with Crippen molar-refractivity contribution >= 4 is 46.5 Å². The summed E-state index contributed by atoms with van der Waals surface area (Å²) in [4.78, 5) is 63.7. The van der Waals surface area contributed by atoms with Gasteiger partial charge in [-0.3, -0.25) is 19.3 Å². The number of piperazine rings is 1. The van der Waals surface area contributed by atoms with Gasteiger partial charge in [-0.2, -0.15) is 0 Å². The van der Waals surface area contributed by atoms with Crippen LogP contribution in [-0.2, 0) is 20.9 Å². The summed E-state index contributed by atoms with van der Waals surface area (Å²) < 4.78 is 0. The lowest BCUT2D eigenvalue weighted by atomic mass is 9.85. The molecule has 356 valence electrons. The first-order valence-electron chi connectivity index (χ1n) is 23.1. The number of likely N-dealkylation sites (tertiary alicyclic amines) is 1. The number of fused-ring (bicyclic) bond motifs is 2. The molecule has 3 aromatic heterocycles. The molecule has 0 spiro atoms. The lowest BCUT2D eigenvalue weighted by Gasteiger charge is -2.42. The molecule has 0 aliphatic carbocycles. The number of aliphatic hydroxyl groups excluding tert-OH is 1. The maximum Gasteiger partial charge on any atom is 0.246 e. The molecule has 3 amide bonds. The fourth-order valence-electron chi connectivity index (χ4n) is 9.29. The Morgan fingerprint density at radius 2 is 1.72 bits per heavy atom. The number of rotatable bonds is 14. The topological polar surface area (TPSA) is 219 Å². The molecule has 2 aromatic carbocycles. The van der Waals surface area contributed by atoms with Crippen LogP contribution < -0.4 is 26.2 Å². The summed E-state index contributed by atoms with van der Waals surface area (Å²) in [5.74, 6) is 6.51. The van der Waals surface area contributed by atoms with Gasteiger partial charge in [0.2, 0.25) is 23.7 Å². The van der Waals surface area contributed by atoms with E-state index in [1.165, 1.54) is 4.90 Å². The van der Waals surface area contributed by atoms with E-state index in [-0.39, 0.29) is 55.6 Å². The van der Waals surface area contributed by atoms with E-state index in [2.05, 4.69) is 47.5 Å². The molecule has 2 unspecified atom stereocenters. The molecule has 5 aromatic rings. The van der Waals surface area contributed by atoms with Crippen molar-refractivity contribution in [2.75, 3.05) is 55.3 Å². The number of hydrogen-bond donors (Lipinski definition) is 5. The predicted octanol–water partition coefficient (Wildman–Crippen LogP) is 4.38. The van der Waals surface area contributed by atoms with Crippen LogP contribution in [0.5, 0.6) is 5.75 Å². The molecule has 8 rings (SSSR count). The molecule has 2 bridgehead atoms. The second-order valence-electron chi connectivity index (χ2n) is 19.1. The lowest BCUT2D eigenvalue weighted by molar-refractivity contribution is -0.144. The minimum Gasteiger partial charge on any atom is -0.507 e. The van der Waals surface area contributed by atoms with E-state index in [0.717, 1.165) is 53.3 Å². The number of aryl methyl sites for hydroxylation is 1. The standard InChI is InChI=1S/C50H60N12O5S/c1-31-44(68-30-55-31)34-16-14-32(15-17-34)24-52-47(66)41-22-37(63)29-61(41)48(67)45(50(2,3)4)56-43(65)13-9-21-59(5)20-8-10-33-25-53-49(54-26-33)62-35-18-19-36(62)28-60(27-35)40-23-39(57-58-46(40)51)38-11-6-7-12-42(38)64/h6-7,11-12,14-17,23,25-26,30,35-37,41,45,63-64H,9,13,18-22,24,27-29H2,1-5H3,(H2,51,58)(H,52,66)(H,56,65)/t35?,36?,37-,41+,45-/m1/s1. The highest BCUT2D eigenvalue weighted by atomic mass is 32.1. The van der Waals surface area contributed by atoms with E-state index in [0.29, 0.717) is 48.1 Å². The summed E-state index contributed by atoms with van der Waals surface area (Å²) in [5, 5.41) is 35.4. The molecule has 6 heterocycles. The van der Waals surface area contributed by atoms with Crippen LogP contribution in [0, 0.1) is 24.2 Å². The average Bonchev–Trinajstić information content (AvgIpc) is 4.01. The SMILES string of the molecule is Cc1ncsc1-c1ccc(CNC(=O)[C@@H]2C[C@@H](O)CN2C(=O)[C@@H](NC(=O)CCCN(C)CC#Cc2cnc(N3C4CCC3CN(c3cc(-c5ccccc5O)nnc3N)C4)nc2)C(C)(C)C)cc1. The fourth-order valence-corrected chi connectivity index (χ4v) is 10.1. The Hall–Kier alpha value is -6.68. The number of hydrogen-bond acceptors (Lipinski definition) is 15. The number of aromatic hydroxyl groups is 1. The molecule has 17 nitrogen and oxygen atoms in total. The largest absolute Gasteiger partial charge is 0.507 e. The van der Waals surface area contributed by atoms with E-state index in [1.54, 1.807) is 35.9 Å². The van der Waals surface area contributed by atoms with Gasteiger partial charge in [0, 0.05) is 69.1 Å². The molecule has 3 aliphatic heterocycles. The summed E-state index contributed by atoms with van der Waals surface area (Å²) in [5.41, 5.74) is 13.1. The number of anilines is 3. The average molecular weight is 941 g/mol. The number of nitrogens with two attached hydrogens (primary N) is 1. The number of nitrogens with one attached hydrogen (secondary N) is 2. The monoisotopic (exact) mass is 940 g/mol. The minimum absolute atomic E-state index is 0.00968. The zero-order valence-corrected chi connectivity index (χ0v) is 40.0. The zero-order chi connectivity index (χ0) is 48.1. The van der Waals surface area contributed by atoms with E-state index in [1.807, 2.05) is 87.6 Å². The third kappa shape index (κ3) is 11.0. The van der Waals surface area contributed by atoms with E-state index in [4.69, 9.17) is 15.7 Å². The number of β-amino-alcohol motifs (C(OH)–C–C–N with tert-alkyl or cyclic N) is 1. The van der Waals surface area contributed by atoms with Crippen LogP contribution in [0.3, 0.4) is 0 Å². The van der Waals surface area contributed by atoms with Gasteiger partial charge >= 0.3 is 0 Å². The van der Waals surface area contributed by atoms with Gasteiger partial charge in [-0.15, -0.1) is 21.5 Å². The summed E-state index contributed by atoms with van der Waals surface area (Å²) in [6.07, 6.45) is 5.51. The first kappa shape index (κ1) is 47.8. The Kier molecular flexibility index (Phi) is 14.5. The van der Waals surface area contributed by atoms with Crippen LogP contribution in [-0.4, -0.2) is 133 Å². The Bertz CT molecular complexity index is 2650. The summed E-state index contributed by atoms with van der Waals surface area (Å²) in [7, 11) is 1.94. The Balaban J connectivity index is 0.786. The highest BCUT2D eigenvalue weighted by molar-refractivity contribution is 7.13. The quantitative estimate of drug-likeness (QED) is 0.0977. The van der Waals surface area contributed by atoms with Crippen LogP contribution >= 0.6 is 11.3 Å². The number of aromatic nitrogens is 5. The molecule has 0 saturated carbocycles. The first-order chi connectivity index (χ1) is 32.6. The molecular weight excluding hydrogens is 881 g/mol. The Morgan fingerprint density at radius 1 is 1.00 bits per heavy atom. The maximum atomic E-state index is 14.1. The summed E-state index contributed by atoms with van der Waals surface area (Å²) in [6.45, 7) is 10.4. The fraction of sp³-hybridized carbons (Fsp3) is 0.440. The predicted molar refractivity (Wildman–Crippen MR) is 262 cm³/mol. The van der Waals surface area contributed by atoms with Crippen molar-refractivity contribution in [1.82, 2.24) is 45.6 Å². The van der Waals surface area contributed by atoms with Gasteiger partial charge in [-0.1, -0.05) is 69.0 Å². The number of carbonyl (C=O) groups excluding carboxylic acids is 3. The van der Waals surface area contributed by atoms with Crippen molar-refractivity contribution in [3.8, 4) is 39.3 Å². The smallest absolute Gasteiger partial charge is 0.246 e. The number of benzene rings is 2. The van der Waals surface area contributed by atoms with Crippen molar-refractivity contribution in [3.05, 3.63) is 89.3 Å². The molecule has 3 aliphatic rings. The Morgan fingerprint density at radius 3 is 2.40 bits per heavy atom. The second kappa shape index (κ2) is 20.7. The van der Waals surface area contributed by atoms with Crippen molar-refractivity contribution in [3.63, 3.8) is 0 Å². The number of thiazole rings is 1. The number of nitrogen functional groups attached to an aromatic ring is 1. The number of aliphatic hydroxyl groups is 1. The van der Waals surface area contributed by atoms with Gasteiger partial charge < -0.3 is 41.3 Å². The number of nitrogens with zero attached hydrogens (tertiary/aromatic N) is 9. The second-order valence-corrected chi connectivity index (χ2v) is 19.9. The molecule has 18 heteroatoms. The molecule has 6 N–H and O–H groups in total. The highest BCUT2D eigenvalue weighted by Crippen LogP contribution is 2.38. The van der Waals surface area contributed by atoms with E-state index < -0.39 is 29.5 Å².